The van der Waals surface area contributed by atoms with E-state index in [1.807, 2.05) is 20.9 Å². The van der Waals surface area contributed by atoms with Gasteiger partial charge in [-0.3, -0.25) is 4.79 Å². The van der Waals surface area contributed by atoms with Gasteiger partial charge in [0, 0.05) is 51.7 Å². The summed E-state index contributed by atoms with van der Waals surface area (Å²) in [7, 11) is 4.18. The summed E-state index contributed by atoms with van der Waals surface area (Å²) in [5, 5.41) is 0. The molecule has 0 aliphatic carbocycles. The number of carbonyl (C=O) groups excluding carboxylic acids is 1. The van der Waals surface area contributed by atoms with E-state index in [1.54, 1.807) is 0 Å². The molecule has 4 nitrogen and oxygen atoms in total. The Bertz CT molecular complexity index is 298. The van der Waals surface area contributed by atoms with Crippen molar-refractivity contribution < 1.29 is 37.5 Å². The first-order chi connectivity index (χ1) is 10.1. The zero-order valence-corrected chi connectivity index (χ0v) is 18.2. The van der Waals surface area contributed by atoms with Crippen LogP contribution in [0.25, 0.3) is 0 Å². The number of hydrogen-bond donors (Lipinski definition) is 0. The van der Waals surface area contributed by atoms with E-state index in [2.05, 4.69) is 28.7 Å². The van der Waals surface area contributed by atoms with Gasteiger partial charge in [0.25, 0.3) is 0 Å². The molecule has 2 saturated heterocycles. The van der Waals surface area contributed by atoms with Gasteiger partial charge >= 0.3 is 0 Å². The van der Waals surface area contributed by atoms with Gasteiger partial charge in [-0.15, -0.1) is 0 Å². The molecule has 1 radical (unpaired) electrons. The van der Waals surface area contributed by atoms with Crippen molar-refractivity contribution in [2.45, 2.75) is 52.5 Å². The van der Waals surface area contributed by atoms with Crippen molar-refractivity contribution in [2.75, 3.05) is 46.8 Å². The fraction of sp³-hybridized carbons (Fsp3) is 0.941. The molecule has 0 saturated carbocycles. The van der Waals surface area contributed by atoms with E-state index in [-0.39, 0.29) is 38.6 Å². The Kier molecular flexibility index (Phi) is 12.2. The SMILES string of the molecule is CC.CCN1CCC(C(=O)N(C)C2CCN(C)CC2)CC1.[Y]. The Morgan fingerprint density at radius 1 is 1.05 bits per heavy atom. The molecule has 0 aromatic heterocycles. The first-order valence-corrected chi connectivity index (χ1v) is 8.79. The van der Waals surface area contributed by atoms with E-state index in [9.17, 15) is 4.79 Å². The van der Waals surface area contributed by atoms with Crippen molar-refractivity contribution >= 4 is 5.91 Å². The van der Waals surface area contributed by atoms with E-state index in [1.165, 1.54) is 0 Å². The van der Waals surface area contributed by atoms with Crippen molar-refractivity contribution in [2.24, 2.45) is 5.92 Å². The maximum Gasteiger partial charge on any atom is 0.225 e. The van der Waals surface area contributed by atoms with Crippen LogP contribution < -0.4 is 0 Å². The molecule has 1 amide bonds. The smallest absolute Gasteiger partial charge is 0.225 e. The monoisotopic (exact) mass is 386 g/mol. The molecule has 2 rings (SSSR count). The predicted molar refractivity (Wildman–Crippen MR) is 89.5 cm³/mol. The molecule has 127 valence electrons. The van der Waals surface area contributed by atoms with Crippen LogP contribution >= 0.6 is 0 Å². The molecular formula is C17H35N3OY. The van der Waals surface area contributed by atoms with Gasteiger partial charge in [-0.25, -0.2) is 0 Å². The van der Waals surface area contributed by atoms with E-state index in [4.69, 9.17) is 0 Å². The third kappa shape index (κ3) is 6.55. The van der Waals surface area contributed by atoms with E-state index in [0.717, 1.165) is 58.4 Å². The molecule has 0 unspecified atom stereocenters. The second kappa shape index (κ2) is 11.9. The zero-order chi connectivity index (χ0) is 15.8. The minimum Gasteiger partial charge on any atom is -0.342 e. The summed E-state index contributed by atoms with van der Waals surface area (Å²) in [6.45, 7) is 11.7. The van der Waals surface area contributed by atoms with E-state index < -0.39 is 0 Å². The number of amides is 1. The van der Waals surface area contributed by atoms with Crippen LogP contribution in [-0.2, 0) is 37.5 Å². The Morgan fingerprint density at radius 2 is 1.55 bits per heavy atom. The normalized spacial score (nSPS) is 21.5. The standard InChI is InChI=1S/C15H29N3O.C2H6.Y/c1-4-18-11-5-13(6-12-18)15(19)17(3)14-7-9-16(2)10-8-14;1-2;/h13-14H,4-12H2,1-3H3;1-2H3;. The maximum absolute atomic E-state index is 12.6. The third-order valence-corrected chi connectivity index (χ3v) is 4.97. The van der Waals surface area contributed by atoms with Gasteiger partial charge in [0.2, 0.25) is 5.91 Å². The third-order valence-electron chi connectivity index (χ3n) is 4.97. The first-order valence-electron chi connectivity index (χ1n) is 8.79. The van der Waals surface area contributed by atoms with E-state index >= 15 is 0 Å². The van der Waals surface area contributed by atoms with Crippen LogP contribution in [0.1, 0.15) is 46.5 Å². The summed E-state index contributed by atoms with van der Waals surface area (Å²) in [6.07, 6.45) is 4.35. The molecule has 2 aliphatic rings. The number of nitrogens with zero attached hydrogens (tertiary/aromatic N) is 3. The number of piperidine rings is 2. The Hall–Kier alpha value is 0.494. The Balaban J connectivity index is 0.00000141. The predicted octanol–water partition coefficient (Wildman–Crippen LogP) is 2.29. The summed E-state index contributed by atoms with van der Waals surface area (Å²) >= 11 is 0. The van der Waals surface area contributed by atoms with Gasteiger partial charge < -0.3 is 14.7 Å². The minimum atomic E-state index is 0. The molecule has 0 spiro atoms. The number of carbonyl (C=O) groups is 1. The summed E-state index contributed by atoms with van der Waals surface area (Å²) < 4.78 is 0. The molecule has 2 fully saturated rings. The fourth-order valence-electron chi connectivity index (χ4n) is 3.35. The summed E-state index contributed by atoms with van der Waals surface area (Å²) in [6, 6.07) is 0.466. The van der Waals surface area contributed by atoms with Crippen LogP contribution in [0.5, 0.6) is 0 Å². The van der Waals surface area contributed by atoms with Gasteiger partial charge in [-0.05, 0) is 65.5 Å². The second-order valence-electron chi connectivity index (χ2n) is 6.19. The molecule has 0 bridgehead atoms. The number of rotatable bonds is 3. The van der Waals surface area contributed by atoms with Crippen LogP contribution in [0.15, 0.2) is 0 Å². The van der Waals surface area contributed by atoms with Crippen LogP contribution in [0.3, 0.4) is 0 Å². The molecule has 5 heteroatoms. The number of likely N-dealkylation sites (tertiary alicyclic amines) is 2. The first kappa shape index (κ1) is 22.5. The summed E-state index contributed by atoms with van der Waals surface area (Å²) in [5.74, 6) is 0.665. The van der Waals surface area contributed by atoms with Crippen LogP contribution in [0.2, 0.25) is 0 Å². The molecule has 0 aromatic rings. The maximum atomic E-state index is 12.6. The summed E-state index contributed by atoms with van der Waals surface area (Å²) in [4.78, 5) is 19.4. The Morgan fingerprint density at radius 3 is 2.00 bits per heavy atom. The van der Waals surface area contributed by atoms with E-state index in [0.29, 0.717) is 11.9 Å². The van der Waals surface area contributed by atoms with Crippen molar-refractivity contribution in [1.29, 1.82) is 0 Å². The average Bonchev–Trinajstić information content (AvgIpc) is 2.56. The van der Waals surface area contributed by atoms with Crippen molar-refractivity contribution in [3.05, 3.63) is 0 Å². The molecule has 22 heavy (non-hydrogen) atoms. The largest absolute Gasteiger partial charge is 0.342 e. The molecule has 0 aromatic carbocycles. The van der Waals surface area contributed by atoms with Gasteiger partial charge in [0.1, 0.15) is 0 Å². The zero-order valence-electron chi connectivity index (χ0n) is 15.3. The van der Waals surface area contributed by atoms with Crippen LogP contribution in [0.4, 0.5) is 0 Å². The quantitative estimate of drug-likeness (QED) is 0.745. The van der Waals surface area contributed by atoms with Gasteiger partial charge in [-0.1, -0.05) is 20.8 Å². The van der Waals surface area contributed by atoms with Crippen LogP contribution in [-0.4, -0.2) is 73.5 Å². The minimum absolute atomic E-state index is 0. The molecule has 0 N–H and O–H groups in total. The van der Waals surface area contributed by atoms with Crippen molar-refractivity contribution in [3.8, 4) is 0 Å². The second-order valence-corrected chi connectivity index (χ2v) is 6.19. The topological polar surface area (TPSA) is 26.8 Å². The van der Waals surface area contributed by atoms with Crippen molar-refractivity contribution in [1.82, 2.24) is 14.7 Å². The molecular weight excluding hydrogens is 351 g/mol. The van der Waals surface area contributed by atoms with Gasteiger partial charge in [0.05, 0.1) is 0 Å². The molecule has 2 heterocycles. The Labute approximate surface area is 162 Å². The average molecular weight is 386 g/mol. The van der Waals surface area contributed by atoms with Crippen LogP contribution in [0, 0.1) is 5.92 Å². The molecule has 2 aliphatic heterocycles. The molecule has 0 atom stereocenters. The van der Waals surface area contributed by atoms with Crippen molar-refractivity contribution in [3.63, 3.8) is 0 Å². The van der Waals surface area contributed by atoms with Gasteiger partial charge in [0.15, 0.2) is 0 Å². The summed E-state index contributed by atoms with van der Waals surface area (Å²) in [5.41, 5.74) is 0. The van der Waals surface area contributed by atoms with Gasteiger partial charge in [-0.2, -0.15) is 0 Å². The fourth-order valence-corrected chi connectivity index (χ4v) is 3.35. The number of hydrogen-bond acceptors (Lipinski definition) is 3.